The number of carbonyl (C=O) groups is 4. The van der Waals surface area contributed by atoms with Crippen molar-refractivity contribution in [3.8, 4) is 0 Å². The summed E-state index contributed by atoms with van der Waals surface area (Å²) in [6, 6.07) is 0. The minimum Gasteiger partial charge on any atom is -0.466 e. The highest BCUT2D eigenvalue weighted by molar-refractivity contribution is 5.77. The number of allylic oxidation sites excluding steroid dienone is 4. The first-order valence-corrected chi connectivity index (χ1v) is 21.9. The fraction of sp³-hybridized carbons (Fsp3) is 0.822. The van der Waals surface area contributed by atoms with Crippen LogP contribution in [-0.4, -0.2) is 49.8 Å². The second kappa shape index (κ2) is 40.5. The van der Waals surface area contributed by atoms with E-state index in [1.165, 1.54) is 96.3 Å². The Morgan fingerprint density at radius 3 is 1.09 bits per heavy atom. The van der Waals surface area contributed by atoms with Gasteiger partial charge in [-0.2, -0.15) is 0 Å². The Hall–Kier alpha value is -2.64. The Kier molecular flexibility index (Phi) is 38.5. The van der Waals surface area contributed by atoms with Crippen LogP contribution in [0.2, 0.25) is 0 Å². The van der Waals surface area contributed by atoms with Crippen LogP contribution in [0.3, 0.4) is 0 Å². The lowest BCUT2D eigenvalue weighted by molar-refractivity contribution is -0.167. The molecule has 0 aliphatic rings. The Balaban J connectivity index is 4.27. The molecule has 0 heterocycles. The highest BCUT2D eigenvalue weighted by Crippen LogP contribution is 2.13. The monoisotopic (exact) mass is 749 g/mol. The van der Waals surface area contributed by atoms with Crippen molar-refractivity contribution >= 4 is 23.9 Å². The van der Waals surface area contributed by atoms with E-state index in [2.05, 4.69) is 38.2 Å². The maximum absolute atomic E-state index is 12.6. The number of carbonyl (C=O) groups excluding carboxylic acids is 4. The van der Waals surface area contributed by atoms with Crippen LogP contribution in [0.5, 0.6) is 0 Å². The minimum atomic E-state index is -0.893. The molecule has 0 saturated heterocycles. The number of ether oxygens (including phenoxy) is 4. The molecule has 0 aromatic rings. The highest BCUT2D eigenvalue weighted by Gasteiger charge is 2.20. The molecule has 0 fully saturated rings. The van der Waals surface area contributed by atoms with Crippen LogP contribution in [0.1, 0.15) is 213 Å². The van der Waals surface area contributed by atoms with Gasteiger partial charge in [0.1, 0.15) is 13.2 Å². The zero-order chi connectivity index (χ0) is 38.9. The van der Waals surface area contributed by atoms with Crippen LogP contribution in [-0.2, 0) is 38.1 Å². The van der Waals surface area contributed by atoms with Crippen molar-refractivity contribution in [3.63, 3.8) is 0 Å². The molecule has 8 heteroatoms. The summed E-state index contributed by atoms with van der Waals surface area (Å²) in [5.74, 6) is -1.83. The van der Waals surface area contributed by atoms with Crippen LogP contribution in [0.4, 0.5) is 0 Å². The number of unbranched alkanes of at least 4 members (excludes halogenated alkanes) is 22. The van der Waals surface area contributed by atoms with Crippen LogP contribution in [0.25, 0.3) is 0 Å². The van der Waals surface area contributed by atoms with E-state index in [0.717, 1.165) is 64.2 Å². The van der Waals surface area contributed by atoms with Crippen LogP contribution < -0.4 is 0 Å². The van der Waals surface area contributed by atoms with Crippen LogP contribution in [0, 0.1) is 0 Å². The van der Waals surface area contributed by atoms with Gasteiger partial charge < -0.3 is 18.9 Å². The summed E-state index contributed by atoms with van der Waals surface area (Å²) in [4.78, 5) is 48.8. The fourth-order valence-corrected chi connectivity index (χ4v) is 5.99. The predicted octanol–water partition coefficient (Wildman–Crippen LogP) is 12.4. The largest absolute Gasteiger partial charge is 0.466 e. The molecule has 1 atom stereocenters. The first-order valence-electron chi connectivity index (χ1n) is 21.9. The molecule has 8 nitrogen and oxygen atoms in total. The SMILES string of the molecule is CCCCCCCCC=CCCCCCCCC(=O)OC[C@@H](COC(=O)CCC(=O)OCC)OC(=O)CCCCCCCC=CCCCCCCCC. The van der Waals surface area contributed by atoms with E-state index in [1.807, 2.05) is 0 Å². The molecule has 308 valence electrons. The van der Waals surface area contributed by atoms with Gasteiger partial charge in [0.15, 0.2) is 6.10 Å². The third kappa shape index (κ3) is 38.9. The summed E-state index contributed by atoms with van der Waals surface area (Å²) in [6.07, 6.45) is 39.4. The maximum Gasteiger partial charge on any atom is 0.306 e. The Morgan fingerprint density at radius 1 is 0.377 bits per heavy atom. The molecular weight excluding hydrogens is 668 g/mol. The normalized spacial score (nSPS) is 12.0. The minimum absolute atomic E-state index is 0.0858. The molecule has 0 radical (unpaired) electrons. The highest BCUT2D eigenvalue weighted by atomic mass is 16.6. The standard InChI is InChI=1S/C45H80O8/c1-4-7-9-11-13-15-17-19-21-23-25-27-29-31-33-35-42(46)51-39-41(40-52-44(48)38-37-43(47)50-6-3)53-45(49)36-34-32-30-28-26-24-22-20-18-16-14-12-10-8-5-2/h19-22,41H,4-18,23-40H2,1-3H3/t41-/m0/s1. The molecule has 0 saturated carbocycles. The van der Waals surface area contributed by atoms with Crippen molar-refractivity contribution in [2.45, 2.75) is 219 Å². The van der Waals surface area contributed by atoms with E-state index in [1.54, 1.807) is 6.92 Å². The molecule has 0 N–H and O–H groups in total. The lowest BCUT2D eigenvalue weighted by atomic mass is 10.1. The van der Waals surface area contributed by atoms with Crippen LogP contribution in [0.15, 0.2) is 24.3 Å². The summed E-state index contributed by atoms with van der Waals surface area (Å²) in [6.45, 7) is 6.03. The van der Waals surface area contributed by atoms with E-state index in [-0.39, 0.29) is 45.1 Å². The van der Waals surface area contributed by atoms with Crippen LogP contribution >= 0.6 is 0 Å². The van der Waals surface area contributed by atoms with Crippen molar-refractivity contribution in [2.24, 2.45) is 0 Å². The lowest BCUT2D eigenvalue weighted by Gasteiger charge is -2.18. The van der Waals surface area contributed by atoms with Crippen molar-refractivity contribution in [1.82, 2.24) is 0 Å². The number of rotatable bonds is 39. The van der Waals surface area contributed by atoms with E-state index in [9.17, 15) is 19.2 Å². The summed E-state index contributed by atoms with van der Waals surface area (Å²) < 4.78 is 21.1. The van der Waals surface area contributed by atoms with Crippen molar-refractivity contribution in [3.05, 3.63) is 24.3 Å². The second-order valence-electron chi connectivity index (χ2n) is 14.5. The smallest absolute Gasteiger partial charge is 0.306 e. The number of hydrogen-bond donors (Lipinski definition) is 0. The summed E-state index contributed by atoms with van der Waals surface area (Å²) in [5.41, 5.74) is 0. The van der Waals surface area contributed by atoms with Crippen molar-refractivity contribution in [2.75, 3.05) is 19.8 Å². The first kappa shape index (κ1) is 50.4. The zero-order valence-electron chi connectivity index (χ0n) is 34.5. The van der Waals surface area contributed by atoms with Gasteiger partial charge >= 0.3 is 23.9 Å². The molecule has 0 aliphatic heterocycles. The fourth-order valence-electron chi connectivity index (χ4n) is 5.99. The van der Waals surface area contributed by atoms with Gasteiger partial charge in [0, 0.05) is 12.8 Å². The molecule has 0 bridgehead atoms. The molecule has 0 amide bonds. The lowest BCUT2D eigenvalue weighted by Crippen LogP contribution is -2.31. The zero-order valence-corrected chi connectivity index (χ0v) is 34.5. The Labute approximate surface area is 325 Å². The van der Waals surface area contributed by atoms with E-state index >= 15 is 0 Å². The summed E-state index contributed by atoms with van der Waals surface area (Å²) >= 11 is 0. The Morgan fingerprint density at radius 2 is 0.698 bits per heavy atom. The summed E-state index contributed by atoms with van der Waals surface area (Å²) in [5, 5.41) is 0. The van der Waals surface area contributed by atoms with E-state index < -0.39 is 24.0 Å². The van der Waals surface area contributed by atoms with E-state index in [4.69, 9.17) is 18.9 Å². The van der Waals surface area contributed by atoms with Gasteiger partial charge in [-0.1, -0.05) is 141 Å². The van der Waals surface area contributed by atoms with Gasteiger partial charge in [-0.15, -0.1) is 0 Å². The average Bonchev–Trinajstić information content (AvgIpc) is 3.15. The van der Waals surface area contributed by atoms with Gasteiger partial charge in [-0.25, -0.2) is 0 Å². The number of hydrogen-bond acceptors (Lipinski definition) is 8. The molecule has 0 aromatic carbocycles. The van der Waals surface area contributed by atoms with Gasteiger partial charge in [0.25, 0.3) is 0 Å². The second-order valence-corrected chi connectivity index (χ2v) is 14.5. The molecule has 0 rings (SSSR count). The van der Waals surface area contributed by atoms with Gasteiger partial charge in [-0.3, -0.25) is 19.2 Å². The summed E-state index contributed by atoms with van der Waals surface area (Å²) in [7, 11) is 0. The van der Waals surface area contributed by atoms with Crippen molar-refractivity contribution in [1.29, 1.82) is 0 Å². The Bertz CT molecular complexity index is 927. The molecular formula is C45H80O8. The molecule has 0 spiro atoms. The average molecular weight is 749 g/mol. The van der Waals surface area contributed by atoms with Gasteiger partial charge in [0.2, 0.25) is 0 Å². The van der Waals surface area contributed by atoms with E-state index in [0.29, 0.717) is 12.8 Å². The van der Waals surface area contributed by atoms with Gasteiger partial charge in [0.05, 0.1) is 19.4 Å². The molecule has 53 heavy (non-hydrogen) atoms. The molecule has 0 unspecified atom stereocenters. The molecule has 0 aromatic heterocycles. The third-order valence-electron chi connectivity index (χ3n) is 9.28. The van der Waals surface area contributed by atoms with Crippen molar-refractivity contribution < 1.29 is 38.1 Å². The predicted molar refractivity (Wildman–Crippen MR) is 217 cm³/mol. The molecule has 0 aliphatic carbocycles. The first-order chi connectivity index (χ1) is 25.9. The van der Waals surface area contributed by atoms with Gasteiger partial charge in [-0.05, 0) is 71.1 Å². The maximum atomic E-state index is 12.6. The third-order valence-corrected chi connectivity index (χ3v) is 9.28. The number of esters is 4. The quantitative estimate of drug-likeness (QED) is 0.0265. The topological polar surface area (TPSA) is 105 Å².